The van der Waals surface area contributed by atoms with Gasteiger partial charge in [0.2, 0.25) is 0 Å². The van der Waals surface area contributed by atoms with Gasteiger partial charge in [-0.15, -0.1) is 11.3 Å². The van der Waals surface area contributed by atoms with Crippen molar-refractivity contribution in [2.45, 2.75) is 39.3 Å². The van der Waals surface area contributed by atoms with E-state index in [4.69, 9.17) is 4.74 Å². The third kappa shape index (κ3) is 4.93. The van der Waals surface area contributed by atoms with Crippen LogP contribution in [0.4, 0.5) is 0 Å². The van der Waals surface area contributed by atoms with Crippen molar-refractivity contribution in [2.75, 3.05) is 6.61 Å². The first-order valence-electron chi connectivity index (χ1n) is 7.40. The summed E-state index contributed by atoms with van der Waals surface area (Å²) in [6.45, 7) is 6.86. The first kappa shape index (κ1) is 16.6. The zero-order valence-corrected chi connectivity index (χ0v) is 14.1. The molecule has 0 atom stereocenters. The van der Waals surface area contributed by atoms with Crippen LogP contribution in [0.3, 0.4) is 0 Å². The molecule has 0 spiro atoms. The summed E-state index contributed by atoms with van der Waals surface area (Å²) in [4.78, 5) is 16.2. The van der Waals surface area contributed by atoms with Crippen molar-refractivity contribution in [3.8, 4) is 10.6 Å². The molecule has 0 fully saturated rings. The topological polar surface area (TPSA) is 51.2 Å². The van der Waals surface area contributed by atoms with Crippen molar-refractivity contribution in [1.82, 2.24) is 10.3 Å². The van der Waals surface area contributed by atoms with Gasteiger partial charge in [-0.2, -0.15) is 0 Å². The fourth-order valence-corrected chi connectivity index (χ4v) is 2.89. The number of carbonyl (C=O) groups is 1. The van der Waals surface area contributed by atoms with Gasteiger partial charge in [-0.05, 0) is 20.8 Å². The lowest BCUT2D eigenvalue weighted by Gasteiger charge is -2.24. The third-order valence-electron chi connectivity index (χ3n) is 3.21. The summed E-state index contributed by atoms with van der Waals surface area (Å²) in [6.07, 6.45) is 0.344. The van der Waals surface area contributed by atoms with Gasteiger partial charge in [0.05, 0.1) is 18.7 Å². The maximum absolute atomic E-state index is 11.6. The Hall–Kier alpha value is -1.72. The smallest absolute Gasteiger partial charge is 0.307 e. The van der Waals surface area contributed by atoms with Gasteiger partial charge in [0.1, 0.15) is 5.01 Å². The molecule has 0 saturated heterocycles. The predicted molar refractivity (Wildman–Crippen MR) is 89.7 cm³/mol. The standard InChI is InChI=1S/C17H22N2O2S/c1-4-21-15(20)10-17(2,3)18-11-14-12-22-16(19-14)13-8-6-5-7-9-13/h5-9,12,18H,4,10-11H2,1-3H3. The van der Waals surface area contributed by atoms with Crippen molar-refractivity contribution in [3.05, 3.63) is 41.4 Å². The molecule has 22 heavy (non-hydrogen) atoms. The number of esters is 1. The number of hydrogen-bond acceptors (Lipinski definition) is 5. The van der Waals surface area contributed by atoms with E-state index in [-0.39, 0.29) is 11.5 Å². The van der Waals surface area contributed by atoms with Crippen LogP contribution in [-0.4, -0.2) is 23.1 Å². The highest BCUT2D eigenvalue weighted by molar-refractivity contribution is 7.13. The van der Waals surface area contributed by atoms with Gasteiger partial charge in [-0.1, -0.05) is 30.3 Å². The zero-order valence-electron chi connectivity index (χ0n) is 13.3. The molecular weight excluding hydrogens is 296 g/mol. The Bertz CT molecular complexity index is 608. The van der Waals surface area contributed by atoms with Crippen molar-refractivity contribution in [3.63, 3.8) is 0 Å². The number of thiazole rings is 1. The number of aromatic nitrogens is 1. The quantitative estimate of drug-likeness (QED) is 0.792. The van der Waals surface area contributed by atoms with Crippen LogP contribution in [0.15, 0.2) is 35.7 Å². The van der Waals surface area contributed by atoms with Crippen LogP contribution in [-0.2, 0) is 16.1 Å². The molecule has 2 aromatic rings. The van der Waals surface area contributed by atoms with Crippen LogP contribution in [0.5, 0.6) is 0 Å². The van der Waals surface area contributed by atoms with Gasteiger partial charge < -0.3 is 10.1 Å². The van der Waals surface area contributed by atoms with Crippen LogP contribution in [0.25, 0.3) is 10.6 Å². The maximum atomic E-state index is 11.6. The number of hydrogen-bond donors (Lipinski definition) is 1. The van der Waals surface area contributed by atoms with E-state index in [0.29, 0.717) is 19.6 Å². The van der Waals surface area contributed by atoms with E-state index in [1.165, 1.54) is 0 Å². The third-order valence-corrected chi connectivity index (χ3v) is 4.15. The Balaban J connectivity index is 1.92. The van der Waals surface area contributed by atoms with E-state index in [1.807, 2.05) is 39.0 Å². The van der Waals surface area contributed by atoms with Crippen molar-refractivity contribution in [1.29, 1.82) is 0 Å². The molecular formula is C17H22N2O2S. The van der Waals surface area contributed by atoms with Crippen LogP contribution in [0, 0.1) is 0 Å². The lowest BCUT2D eigenvalue weighted by molar-refractivity contribution is -0.144. The fourth-order valence-electron chi connectivity index (χ4n) is 2.07. The molecule has 0 radical (unpaired) electrons. The molecule has 1 aromatic carbocycles. The molecule has 0 aliphatic rings. The number of rotatable bonds is 7. The number of benzene rings is 1. The summed E-state index contributed by atoms with van der Waals surface area (Å²) in [6, 6.07) is 10.1. The Morgan fingerprint density at radius 3 is 2.73 bits per heavy atom. The number of nitrogens with zero attached hydrogens (tertiary/aromatic N) is 1. The summed E-state index contributed by atoms with van der Waals surface area (Å²) < 4.78 is 5.00. The van der Waals surface area contributed by atoms with Crippen molar-refractivity contribution < 1.29 is 9.53 Å². The highest BCUT2D eigenvalue weighted by Gasteiger charge is 2.22. The molecule has 2 rings (SSSR count). The van der Waals surface area contributed by atoms with Crippen LogP contribution < -0.4 is 5.32 Å². The Morgan fingerprint density at radius 1 is 1.32 bits per heavy atom. The monoisotopic (exact) mass is 318 g/mol. The minimum atomic E-state index is -0.317. The molecule has 0 amide bonds. The van der Waals surface area contributed by atoms with Gasteiger partial charge in [-0.25, -0.2) is 4.98 Å². The molecule has 4 nitrogen and oxygen atoms in total. The molecule has 0 saturated carbocycles. The molecule has 0 aliphatic heterocycles. The summed E-state index contributed by atoms with van der Waals surface area (Å²) in [5.74, 6) is -0.178. The van der Waals surface area contributed by atoms with Gasteiger partial charge in [0.25, 0.3) is 0 Å². The summed E-state index contributed by atoms with van der Waals surface area (Å²) in [7, 11) is 0. The summed E-state index contributed by atoms with van der Waals surface area (Å²) >= 11 is 1.63. The first-order valence-corrected chi connectivity index (χ1v) is 8.28. The van der Waals surface area contributed by atoms with E-state index in [2.05, 4.69) is 27.8 Å². The number of ether oxygens (including phenoxy) is 1. The molecule has 0 aliphatic carbocycles. The highest BCUT2D eigenvalue weighted by Crippen LogP contribution is 2.23. The van der Waals surface area contributed by atoms with Crippen molar-refractivity contribution in [2.24, 2.45) is 0 Å². The summed E-state index contributed by atoms with van der Waals surface area (Å²) in [5.41, 5.74) is 1.80. The Labute approximate surface area is 135 Å². The fraction of sp³-hybridized carbons (Fsp3) is 0.412. The molecule has 0 unspecified atom stereocenters. The van der Waals surface area contributed by atoms with E-state index in [0.717, 1.165) is 16.3 Å². The normalized spacial score (nSPS) is 11.4. The average molecular weight is 318 g/mol. The molecule has 1 heterocycles. The SMILES string of the molecule is CCOC(=O)CC(C)(C)NCc1csc(-c2ccccc2)n1. The molecule has 1 aromatic heterocycles. The lowest BCUT2D eigenvalue weighted by atomic mass is 10.0. The second-order valence-electron chi connectivity index (χ2n) is 5.73. The van der Waals surface area contributed by atoms with E-state index in [1.54, 1.807) is 11.3 Å². The summed E-state index contributed by atoms with van der Waals surface area (Å²) in [5, 5.41) is 6.44. The van der Waals surface area contributed by atoms with Crippen LogP contribution in [0.2, 0.25) is 0 Å². The highest BCUT2D eigenvalue weighted by atomic mass is 32.1. The van der Waals surface area contributed by atoms with Gasteiger partial charge in [0, 0.05) is 23.0 Å². The second kappa shape index (κ2) is 7.51. The van der Waals surface area contributed by atoms with Crippen LogP contribution in [0.1, 0.15) is 32.9 Å². The second-order valence-corrected chi connectivity index (χ2v) is 6.59. The molecule has 5 heteroatoms. The predicted octanol–water partition coefficient (Wildman–Crippen LogP) is 3.63. The first-order chi connectivity index (χ1) is 10.5. The molecule has 118 valence electrons. The molecule has 1 N–H and O–H groups in total. The van der Waals surface area contributed by atoms with E-state index >= 15 is 0 Å². The number of nitrogens with one attached hydrogen (secondary N) is 1. The Morgan fingerprint density at radius 2 is 2.05 bits per heavy atom. The zero-order chi connectivity index (χ0) is 16.0. The van der Waals surface area contributed by atoms with Gasteiger partial charge in [0.15, 0.2) is 0 Å². The van der Waals surface area contributed by atoms with Gasteiger partial charge in [-0.3, -0.25) is 4.79 Å². The van der Waals surface area contributed by atoms with E-state index in [9.17, 15) is 4.79 Å². The van der Waals surface area contributed by atoms with Gasteiger partial charge >= 0.3 is 5.97 Å². The van der Waals surface area contributed by atoms with Crippen molar-refractivity contribution >= 4 is 17.3 Å². The molecule has 0 bridgehead atoms. The number of carbonyl (C=O) groups excluding carboxylic acids is 1. The minimum Gasteiger partial charge on any atom is -0.466 e. The average Bonchev–Trinajstić information content (AvgIpc) is 2.95. The Kier molecular flexibility index (Phi) is 5.69. The maximum Gasteiger partial charge on any atom is 0.307 e. The van der Waals surface area contributed by atoms with Crippen LogP contribution >= 0.6 is 11.3 Å². The largest absolute Gasteiger partial charge is 0.466 e. The van der Waals surface area contributed by atoms with E-state index < -0.39 is 0 Å². The lowest BCUT2D eigenvalue weighted by Crippen LogP contribution is -2.41. The minimum absolute atomic E-state index is 0.178.